The summed E-state index contributed by atoms with van der Waals surface area (Å²) in [7, 11) is -3.60. The highest BCUT2D eigenvalue weighted by atomic mass is 32.2. The van der Waals surface area contributed by atoms with Crippen LogP contribution in [0.25, 0.3) is 0 Å². The number of carbonyl (C=O) groups excluding carboxylic acids is 1. The minimum absolute atomic E-state index is 0.0298. The molecular formula is C22H28N2O4S. The molecule has 29 heavy (non-hydrogen) atoms. The normalized spacial score (nSPS) is 16.0. The minimum atomic E-state index is -3.60. The maximum atomic E-state index is 13.0. The number of sulfonamides is 1. The molecule has 1 N–H and O–H groups in total. The van der Waals surface area contributed by atoms with Crippen molar-refractivity contribution in [2.75, 3.05) is 22.8 Å². The first kappa shape index (κ1) is 21.2. The summed E-state index contributed by atoms with van der Waals surface area (Å²) in [6.45, 7) is 8.48. The molecular weight excluding hydrogens is 388 g/mol. The summed E-state index contributed by atoms with van der Waals surface area (Å²) < 4.78 is 33.8. The number of anilines is 2. The van der Waals surface area contributed by atoms with Crippen LogP contribution in [-0.4, -0.2) is 27.5 Å². The molecule has 0 unspecified atom stereocenters. The molecule has 2 aromatic carbocycles. The standard InChI is InChI=1S/C22H28N2O4S/c1-5-12-24-19-13-18(10-11-20(19)28-15-22(3,4)21(24)25)23-29(26,27)14-17-8-6-16(2)7-9-17/h6-11,13,23H,5,12,14-15H2,1-4H3. The van der Waals surface area contributed by atoms with Crippen LogP contribution in [0, 0.1) is 12.3 Å². The summed E-state index contributed by atoms with van der Waals surface area (Å²) in [4.78, 5) is 14.7. The van der Waals surface area contributed by atoms with Crippen molar-refractivity contribution in [1.29, 1.82) is 0 Å². The van der Waals surface area contributed by atoms with E-state index in [9.17, 15) is 13.2 Å². The number of nitrogens with one attached hydrogen (secondary N) is 1. The SMILES string of the molecule is CCCN1C(=O)C(C)(C)COc2ccc(NS(=O)(=O)Cc3ccc(C)cc3)cc21. The van der Waals surface area contributed by atoms with Gasteiger partial charge < -0.3 is 9.64 Å². The number of benzene rings is 2. The van der Waals surface area contributed by atoms with E-state index in [2.05, 4.69) is 4.72 Å². The molecule has 1 aliphatic rings. The molecule has 3 rings (SSSR count). The van der Waals surface area contributed by atoms with Crippen molar-refractivity contribution in [1.82, 2.24) is 0 Å². The van der Waals surface area contributed by atoms with Crippen LogP contribution in [0.3, 0.4) is 0 Å². The Hall–Kier alpha value is -2.54. The summed E-state index contributed by atoms with van der Waals surface area (Å²) in [5, 5.41) is 0. The van der Waals surface area contributed by atoms with E-state index in [1.165, 1.54) is 0 Å². The molecule has 156 valence electrons. The van der Waals surface area contributed by atoms with Gasteiger partial charge in [-0.25, -0.2) is 8.42 Å². The van der Waals surface area contributed by atoms with Crippen LogP contribution in [0.2, 0.25) is 0 Å². The number of nitrogens with zero attached hydrogens (tertiary/aromatic N) is 1. The third-order valence-corrected chi connectivity index (χ3v) is 6.12. The molecule has 0 aliphatic carbocycles. The molecule has 0 spiro atoms. The first-order chi connectivity index (χ1) is 13.6. The van der Waals surface area contributed by atoms with E-state index in [0.717, 1.165) is 12.0 Å². The third-order valence-electron chi connectivity index (χ3n) is 4.86. The smallest absolute Gasteiger partial charge is 0.236 e. The van der Waals surface area contributed by atoms with Crippen LogP contribution in [0.5, 0.6) is 5.75 Å². The maximum absolute atomic E-state index is 13.0. The van der Waals surface area contributed by atoms with E-state index in [-0.39, 0.29) is 18.3 Å². The molecule has 0 atom stereocenters. The molecule has 1 aliphatic heterocycles. The zero-order valence-electron chi connectivity index (χ0n) is 17.4. The van der Waals surface area contributed by atoms with E-state index < -0.39 is 15.4 Å². The molecule has 1 heterocycles. The number of amides is 1. The van der Waals surface area contributed by atoms with Gasteiger partial charge in [0.05, 0.1) is 22.5 Å². The van der Waals surface area contributed by atoms with E-state index in [0.29, 0.717) is 29.2 Å². The zero-order valence-corrected chi connectivity index (χ0v) is 18.2. The number of hydrogen-bond acceptors (Lipinski definition) is 4. The average molecular weight is 417 g/mol. The van der Waals surface area contributed by atoms with Crippen LogP contribution < -0.4 is 14.4 Å². The summed E-state index contributed by atoms with van der Waals surface area (Å²) in [6.07, 6.45) is 0.782. The molecule has 6 nitrogen and oxygen atoms in total. The quantitative estimate of drug-likeness (QED) is 0.769. The van der Waals surface area contributed by atoms with Crippen LogP contribution in [0.1, 0.15) is 38.3 Å². The topological polar surface area (TPSA) is 75.7 Å². The second kappa shape index (κ2) is 8.06. The predicted molar refractivity (Wildman–Crippen MR) is 116 cm³/mol. The summed E-state index contributed by atoms with van der Waals surface area (Å²) in [5.74, 6) is 0.433. The Morgan fingerprint density at radius 3 is 2.48 bits per heavy atom. The fourth-order valence-electron chi connectivity index (χ4n) is 3.27. The van der Waals surface area contributed by atoms with Gasteiger partial charge in [0.15, 0.2) is 0 Å². The highest BCUT2D eigenvalue weighted by Gasteiger charge is 2.37. The lowest BCUT2D eigenvalue weighted by atomic mass is 9.93. The lowest BCUT2D eigenvalue weighted by molar-refractivity contribution is -0.127. The molecule has 0 aromatic heterocycles. The van der Waals surface area contributed by atoms with E-state index >= 15 is 0 Å². The van der Waals surface area contributed by atoms with Crippen LogP contribution in [0.4, 0.5) is 11.4 Å². The average Bonchev–Trinajstić information content (AvgIpc) is 2.74. The maximum Gasteiger partial charge on any atom is 0.236 e. The van der Waals surface area contributed by atoms with Gasteiger partial charge in [0.25, 0.3) is 0 Å². The summed E-state index contributed by atoms with van der Waals surface area (Å²) in [6, 6.07) is 12.5. The number of fused-ring (bicyclic) bond motifs is 1. The second-order valence-electron chi connectivity index (χ2n) is 8.16. The summed E-state index contributed by atoms with van der Waals surface area (Å²) in [5.41, 5.74) is 2.14. The molecule has 0 radical (unpaired) electrons. The highest BCUT2D eigenvalue weighted by Crippen LogP contribution is 2.38. The zero-order chi connectivity index (χ0) is 21.2. The molecule has 0 bridgehead atoms. The Morgan fingerprint density at radius 1 is 1.14 bits per heavy atom. The monoisotopic (exact) mass is 416 g/mol. The fraction of sp³-hybridized carbons (Fsp3) is 0.409. The molecule has 1 amide bonds. The van der Waals surface area contributed by atoms with Crippen molar-refractivity contribution in [3.05, 3.63) is 53.6 Å². The largest absolute Gasteiger partial charge is 0.490 e. The van der Waals surface area contributed by atoms with E-state index in [1.54, 1.807) is 23.1 Å². The van der Waals surface area contributed by atoms with Gasteiger partial charge in [0.1, 0.15) is 12.4 Å². The molecule has 2 aromatic rings. The Bertz CT molecular complexity index is 998. The van der Waals surface area contributed by atoms with Crippen molar-refractivity contribution in [3.8, 4) is 5.75 Å². The van der Waals surface area contributed by atoms with Crippen molar-refractivity contribution < 1.29 is 17.9 Å². The molecule has 0 saturated heterocycles. The van der Waals surface area contributed by atoms with E-state index in [1.807, 2.05) is 52.0 Å². The number of aryl methyl sites for hydroxylation is 1. The lowest BCUT2D eigenvalue weighted by Gasteiger charge is -2.28. The van der Waals surface area contributed by atoms with Gasteiger partial charge in [0.2, 0.25) is 15.9 Å². The van der Waals surface area contributed by atoms with Crippen molar-refractivity contribution in [3.63, 3.8) is 0 Å². The molecule has 0 saturated carbocycles. The Labute approximate surface area is 172 Å². The Balaban J connectivity index is 1.88. The van der Waals surface area contributed by atoms with Crippen LogP contribution in [-0.2, 0) is 20.6 Å². The van der Waals surface area contributed by atoms with Crippen molar-refractivity contribution in [2.45, 2.75) is 39.9 Å². The number of rotatable bonds is 6. The van der Waals surface area contributed by atoms with E-state index in [4.69, 9.17) is 4.74 Å². The van der Waals surface area contributed by atoms with Crippen molar-refractivity contribution in [2.24, 2.45) is 5.41 Å². The van der Waals surface area contributed by atoms with Gasteiger partial charge in [-0.2, -0.15) is 0 Å². The van der Waals surface area contributed by atoms with Crippen LogP contribution >= 0.6 is 0 Å². The third kappa shape index (κ3) is 4.90. The number of ether oxygens (including phenoxy) is 1. The lowest BCUT2D eigenvalue weighted by Crippen LogP contribution is -2.42. The van der Waals surface area contributed by atoms with Gasteiger partial charge in [-0.15, -0.1) is 0 Å². The Morgan fingerprint density at radius 2 is 1.83 bits per heavy atom. The second-order valence-corrected chi connectivity index (χ2v) is 9.88. The fourth-order valence-corrected chi connectivity index (χ4v) is 4.46. The first-order valence-electron chi connectivity index (χ1n) is 9.76. The number of carbonyl (C=O) groups is 1. The molecule has 0 fully saturated rings. The van der Waals surface area contributed by atoms with Crippen molar-refractivity contribution >= 4 is 27.3 Å². The van der Waals surface area contributed by atoms with Gasteiger partial charge >= 0.3 is 0 Å². The molecule has 7 heteroatoms. The number of hydrogen-bond donors (Lipinski definition) is 1. The minimum Gasteiger partial charge on any atom is -0.490 e. The highest BCUT2D eigenvalue weighted by molar-refractivity contribution is 7.91. The van der Waals surface area contributed by atoms with Gasteiger partial charge in [-0.05, 0) is 51.0 Å². The Kier molecular flexibility index (Phi) is 5.89. The van der Waals surface area contributed by atoms with Gasteiger partial charge in [0, 0.05) is 6.54 Å². The summed E-state index contributed by atoms with van der Waals surface area (Å²) >= 11 is 0. The van der Waals surface area contributed by atoms with Gasteiger partial charge in [-0.3, -0.25) is 9.52 Å². The first-order valence-corrected chi connectivity index (χ1v) is 11.4. The van der Waals surface area contributed by atoms with Crippen LogP contribution in [0.15, 0.2) is 42.5 Å². The van der Waals surface area contributed by atoms with Gasteiger partial charge in [-0.1, -0.05) is 36.8 Å². The predicted octanol–water partition coefficient (Wildman–Crippen LogP) is 4.10.